The molecule has 28 heavy (non-hydrogen) atoms. The van der Waals surface area contributed by atoms with Crippen LogP contribution in [0.4, 0.5) is 0 Å². The van der Waals surface area contributed by atoms with Gasteiger partial charge in [0.15, 0.2) is 6.29 Å². The first-order valence-corrected chi connectivity index (χ1v) is 9.32. The third kappa shape index (κ3) is 8.64. The van der Waals surface area contributed by atoms with E-state index in [4.69, 9.17) is 29.4 Å². The topological polar surface area (TPSA) is 162 Å². The van der Waals surface area contributed by atoms with E-state index >= 15 is 0 Å². The van der Waals surface area contributed by atoms with Crippen LogP contribution in [-0.4, -0.2) is 111 Å². The molecule has 5 atom stereocenters. The summed E-state index contributed by atoms with van der Waals surface area (Å²) in [6.45, 7) is 5.98. The van der Waals surface area contributed by atoms with Gasteiger partial charge in [-0.1, -0.05) is 0 Å². The number of nitrogens with one attached hydrogen (secondary N) is 1. The molecule has 0 aromatic heterocycles. The first-order valence-electron chi connectivity index (χ1n) is 9.32. The third-order valence-corrected chi connectivity index (χ3v) is 4.15. The molecule has 0 aromatic carbocycles. The molecule has 11 nitrogen and oxygen atoms in total. The summed E-state index contributed by atoms with van der Waals surface area (Å²) in [5.41, 5.74) is 3.96. The van der Waals surface area contributed by atoms with E-state index in [9.17, 15) is 20.1 Å². The van der Waals surface area contributed by atoms with Gasteiger partial charge in [-0.05, 0) is 6.92 Å². The minimum absolute atomic E-state index is 0.0760. The lowest BCUT2D eigenvalue weighted by Gasteiger charge is -2.46. The summed E-state index contributed by atoms with van der Waals surface area (Å²) in [5, 5.41) is 32.8. The molecule has 0 saturated carbocycles. The molecule has 166 valence electrons. The zero-order valence-corrected chi connectivity index (χ0v) is 16.5. The van der Waals surface area contributed by atoms with Crippen LogP contribution in [0.1, 0.15) is 13.8 Å². The number of carbonyl (C=O) groups excluding carboxylic acids is 1. The number of rotatable bonds is 14. The first-order chi connectivity index (χ1) is 13.3. The van der Waals surface area contributed by atoms with Gasteiger partial charge < -0.3 is 50.1 Å². The lowest BCUT2D eigenvalue weighted by Crippen LogP contribution is -2.68. The highest BCUT2D eigenvalue weighted by atomic mass is 16.6. The van der Waals surface area contributed by atoms with Crippen molar-refractivity contribution in [3.63, 3.8) is 0 Å². The Morgan fingerprint density at radius 3 is 2.00 bits per heavy atom. The lowest BCUT2D eigenvalue weighted by atomic mass is 9.87. The van der Waals surface area contributed by atoms with Gasteiger partial charge in [0.2, 0.25) is 5.91 Å². The van der Waals surface area contributed by atoms with Gasteiger partial charge in [-0.25, -0.2) is 0 Å². The fourth-order valence-electron chi connectivity index (χ4n) is 2.67. The molecule has 1 aliphatic rings. The predicted molar refractivity (Wildman–Crippen MR) is 97.4 cm³/mol. The highest BCUT2D eigenvalue weighted by Crippen LogP contribution is 2.29. The minimum Gasteiger partial charge on any atom is -0.388 e. The van der Waals surface area contributed by atoms with Crippen LogP contribution in [0.3, 0.4) is 0 Å². The molecule has 0 spiro atoms. The van der Waals surface area contributed by atoms with Crippen molar-refractivity contribution in [3.8, 4) is 0 Å². The average Bonchev–Trinajstić information content (AvgIpc) is 2.64. The Bertz CT molecular complexity index is 443. The summed E-state index contributed by atoms with van der Waals surface area (Å²) in [6, 6.07) is -1.12. The Balaban J connectivity index is 2.16. The predicted octanol–water partition coefficient (Wildman–Crippen LogP) is -2.65. The third-order valence-electron chi connectivity index (χ3n) is 4.15. The molecule has 1 heterocycles. The Morgan fingerprint density at radius 2 is 1.50 bits per heavy atom. The van der Waals surface area contributed by atoms with E-state index in [-0.39, 0.29) is 13.2 Å². The summed E-state index contributed by atoms with van der Waals surface area (Å²) in [6.07, 6.45) is -4.23. The molecule has 0 unspecified atom stereocenters. The fraction of sp³-hybridized carbons (Fsp3) is 0.941. The van der Waals surface area contributed by atoms with Crippen LogP contribution in [0.25, 0.3) is 0 Å². The average molecular weight is 410 g/mol. The molecule has 6 N–H and O–H groups in total. The second-order valence-corrected chi connectivity index (χ2v) is 6.66. The van der Waals surface area contributed by atoms with Gasteiger partial charge in [-0.3, -0.25) is 4.79 Å². The zero-order valence-electron chi connectivity index (χ0n) is 16.5. The van der Waals surface area contributed by atoms with Crippen molar-refractivity contribution in [2.45, 2.75) is 44.0 Å². The number of hydrogen-bond acceptors (Lipinski definition) is 10. The van der Waals surface area contributed by atoms with Crippen molar-refractivity contribution in [1.82, 2.24) is 5.32 Å². The number of ether oxygens (including phenoxy) is 5. The second kappa shape index (κ2) is 13.4. The Kier molecular flexibility index (Phi) is 12.0. The molecule has 0 radical (unpaired) electrons. The van der Waals surface area contributed by atoms with Gasteiger partial charge in [-0.15, -0.1) is 0 Å². The van der Waals surface area contributed by atoms with E-state index in [1.807, 2.05) is 0 Å². The van der Waals surface area contributed by atoms with Crippen molar-refractivity contribution >= 4 is 5.91 Å². The number of hydrogen-bond donors (Lipinski definition) is 5. The van der Waals surface area contributed by atoms with E-state index in [1.165, 1.54) is 13.8 Å². The molecular formula is C17H34N2O9. The van der Waals surface area contributed by atoms with E-state index in [0.29, 0.717) is 46.2 Å². The smallest absolute Gasteiger partial charge is 0.217 e. The maximum Gasteiger partial charge on any atom is 0.217 e. The lowest BCUT2D eigenvalue weighted by molar-refractivity contribution is -0.297. The number of aliphatic hydroxyl groups excluding tert-OH is 3. The highest BCUT2D eigenvalue weighted by Gasteiger charge is 2.51. The monoisotopic (exact) mass is 410 g/mol. The van der Waals surface area contributed by atoms with Crippen LogP contribution in [0.5, 0.6) is 0 Å². The fourth-order valence-corrected chi connectivity index (χ4v) is 2.67. The van der Waals surface area contributed by atoms with E-state index < -0.39 is 36.0 Å². The van der Waals surface area contributed by atoms with Gasteiger partial charge in [0, 0.05) is 13.5 Å². The van der Waals surface area contributed by atoms with Crippen LogP contribution < -0.4 is 11.1 Å². The molecule has 1 fully saturated rings. The van der Waals surface area contributed by atoms with Gasteiger partial charge in [0.25, 0.3) is 0 Å². The van der Waals surface area contributed by atoms with Crippen LogP contribution in [-0.2, 0) is 28.5 Å². The maximum atomic E-state index is 11.1. The first kappa shape index (κ1) is 25.1. The second-order valence-electron chi connectivity index (χ2n) is 6.66. The molecule has 0 aliphatic carbocycles. The van der Waals surface area contributed by atoms with Gasteiger partial charge in [-0.2, -0.15) is 0 Å². The van der Waals surface area contributed by atoms with Crippen LogP contribution in [0, 0.1) is 0 Å². The number of aliphatic hydroxyl groups is 3. The maximum absolute atomic E-state index is 11.1. The molecule has 1 aliphatic heterocycles. The number of carbonyl (C=O) groups is 1. The van der Waals surface area contributed by atoms with Crippen molar-refractivity contribution in [2.75, 3.05) is 59.4 Å². The molecule has 1 saturated heterocycles. The quantitative estimate of drug-likeness (QED) is 0.191. The number of nitrogens with two attached hydrogens (primary N) is 1. The van der Waals surface area contributed by atoms with Gasteiger partial charge >= 0.3 is 0 Å². The van der Waals surface area contributed by atoms with Crippen molar-refractivity contribution in [1.29, 1.82) is 0 Å². The van der Waals surface area contributed by atoms with E-state index in [1.54, 1.807) is 0 Å². The van der Waals surface area contributed by atoms with Crippen molar-refractivity contribution in [3.05, 3.63) is 0 Å². The summed E-state index contributed by atoms with van der Waals surface area (Å²) in [5.74, 6) is -0.456. The molecule has 0 aromatic rings. The summed E-state index contributed by atoms with van der Waals surface area (Å²) in [7, 11) is 0. The van der Waals surface area contributed by atoms with Crippen LogP contribution in [0.2, 0.25) is 0 Å². The van der Waals surface area contributed by atoms with Crippen molar-refractivity contribution in [2.24, 2.45) is 5.73 Å². The Labute approximate surface area is 165 Å². The molecule has 1 amide bonds. The summed E-state index contributed by atoms with van der Waals surface area (Å²) < 4.78 is 26.7. The zero-order chi connectivity index (χ0) is 21.0. The Hall–Kier alpha value is -0.890. The molecule has 0 bridgehead atoms. The van der Waals surface area contributed by atoms with Crippen molar-refractivity contribution < 1.29 is 43.8 Å². The van der Waals surface area contributed by atoms with Crippen LogP contribution in [0.15, 0.2) is 0 Å². The SMILES string of the molecule is CC(=O)N[C@@H]1[C@@H](O)[C@@H](O)[C@@](C)(COCCOCCOCCOCCN)O[C@@H]1O. The van der Waals surface area contributed by atoms with Gasteiger partial charge in [0.1, 0.15) is 23.9 Å². The molecular weight excluding hydrogens is 376 g/mol. The van der Waals surface area contributed by atoms with E-state index in [0.717, 1.165) is 0 Å². The summed E-state index contributed by atoms with van der Waals surface area (Å²) >= 11 is 0. The highest BCUT2D eigenvalue weighted by molar-refractivity contribution is 5.73. The standard InChI is InChI=1S/C17H34N2O9/c1-12(20)19-13-14(21)15(22)17(2,28-16(13)23)11-27-10-9-26-8-7-25-6-5-24-4-3-18/h13-16,21-23H,3-11,18H2,1-2H3,(H,19,20)/t13-,14-,15-,16+,17-/m1/s1. The summed E-state index contributed by atoms with van der Waals surface area (Å²) in [4.78, 5) is 11.1. The van der Waals surface area contributed by atoms with Crippen LogP contribution >= 0.6 is 0 Å². The minimum atomic E-state index is -1.47. The van der Waals surface area contributed by atoms with E-state index in [2.05, 4.69) is 5.32 Å². The number of amides is 1. The molecule has 1 rings (SSSR count). The molecule has 11 heteroatoms. The Morgan fingerprint density at radius 1 is 1.00 bits per heavy atom. The largest absolute Gasteiger partial charge is 0.388 e. The normalized spacial score (nSPS) is 30.4. The van der Waals surface area contributed by atoms with Gasteiger partial charge in [0.05, 0.1) is 52.9 Å².